The van der Waals surface area contributed by atoms with E-state index in [4.69, 9.17) is 27.9 Å². The first-order valence-corrected chi connectivity index (χ1v) is 8.24. The van der Waals surface area contributed by atoms with E-state index in [1.165, 1.54) is 12.1 Å². The van der Waals surface area contributed by atoms with Crippen LogP contribution in [0.3, 0.4) is 0 Å². The lowest BCUT2D eigenvalue weighted by atomic mass is 10.1. The van der Waals surface area contributed by atoms with E-state index < -0.39 is 24.0 Å². The number of aromatic nitrogens is 1. The highest BCUT2D eigenvalue weighted by atomic mass is 35.5. The molecular formula is C18H12Cl2N2O4. The molecule has 0 aliphatic carbocycles. The van der Waals surface area contributed by atoms with E-state index in [0.29, 0.717) is 26.6 Å². The van der Waals surface area contributed by atoms with Crippen molar-refractivity contribution in [3.05, 3.63) is 74.5 Å². The summed E-state index contributed by atoms with van der Waals surface area (Å²) >= 11 is 11.8. The van der Waals surface area contributed by atoms with Gasteiger partial charge in [-0.1, -0.05) is 41.4 Å². The van der Waals surface area contributed by atoms with Gasteiger partial charge < -0.3 is 15.0 Å². The number of fused-ring (bicyclic) bond motifs is 1. The lowest BCUT2D eigenvalue weighted by molar-refractivity contribution is -0.119. The monoisotopic (exact) mass is 390 g/mol. The molecule has 0 bridgehead atoms. The number of benzene rings is 2. The Kier molecular flexibility index (Phi) is 5.25. The molecule has 1 heterocycles. The summed E-state index contributed by atoms with van der Waals surface area (Å²) < 4.78 is 5.02. The summed E-state index contributed by atoms with van der Waals surface area (Å²) in [4.78, 5) is 38.6. The number of halogens is 2. The smallest absolute Gasteiger partial charge is 0.339 e. The molecule has 0 fully saturated rings. The number of H-pyrrole nitrogens is 1. The molecule has 0 aliphatic heterocycles. The quantitative estimate of drug-likeness (QED) is 0.665. The highest BCUT2D eigenvalue weighted by Gasteiger charge is 2.15. The summed E-state index contributed by atoms with van der Waals surface area (Å²) in [5.74, 6) is -1.36. The van der Waals surface area contributed by atoms with E-state index in [-0.39, 0.29) is 5.56 Å². The van der Waals surface area contributed by atoms with Gasteiger partial charge in [-0.15, -0.1) is 0 Å². The van der Waals surface area contributed by atoms with Crippen LogP contribution in [0.2, 0.25) is 10.0 Å². The Balaban J connectivity index is 1.72. The molecule has 6 nitrogen and oxygen atoms in total. The fraction of sp³-hybridized carbons (Fsp3) is 0.0556. The average Bonchev–Trinajstić information content (AvgIpc) is 2.62. The standard InChI is InChI=1S/C18H12Cl2N2O4/c19-10-5-6-13(20)15(7-10)22-17(24)9-26-18(25)12-8-16(23)21-14-4-2-1-3-11(12)14/h1-8H,9H2,(H,21,23)(H,22,24). The Morgan fingerprint density at radius 2 is 1.85 bits per heavy atom. The summed E-state index contributed by atoms with van der Waals surface area (Å²) in [6, 6.07) is 12.5. The predicted octanol–water partition coefficient (Wildman–Crippen LogP) is 3.63. The van der Waals surface area contributed by atoms with Crippen molar-refractivity contribution in [2.24, 2.45) is 0 Å². The molecule has 2 aromatic carbocycles. The summed E-state index contributed by atoms with van der Waals surface area (Å²) in [6.45, 7) is -0.539. The van der Waals surface area contributed by atoms with E-state index in [0.717, 1.165) is 6.07 Å². The largest absolute Gasteiger partial charge is 0.452 e. The first-order chi connectivity index (χ1) is 12.4. The number of carbonyl (C=O) groups excluding carboxylic acids is 2. The molecule has 0 spiro atoms. The maximum absolute atomic E-state index is 12.3. The number of aromatic amines is 1. The molecule has 0 unspecified atom stereocenters. The number of ether oxygens (including phenoxy) is 1. The van der Waals surface area contributed by atoms with Crippen LogP contribution in [-0.4, -0.2) is 23.5 Å². The van der Waals surface area contributed by atoms with Gasteiger partial charge in [-0.25, -0.2) is 4.79 Å². The van der Waals surface area contributed by atoms with Gasteiger partial charge >= 0.3 is 5.97 Å². The molecule has 132 valence electrons. The van der Waals surface area contributed by atoms with Gasteiger partial charge in [0.15, 0.2) is 6.61 Å². The van der Waals surface area contributed by atoms with Crippen LogP contribution < -0.4 is 10.9 Å². The van der Waals surface area contributed by atoms with Crippen LogP contribution in [0.4, 0.5) is 5.69 Å². The van der Waals surface area contributed by atoms with Gasteiger partial charge in [-0.3, -0.25) is 9.59 Å². The van der Waals surface area contributed by atoms with Crippen molar-refractivity contribution in [1.82, 2.24) is 4.98 Å². The summed E-state index contributed by atoms with van der Waals surface area (Å²) in [6.07, 6.45) is 0. The Hall–Kier alpha value is -2.83. The number of para-hydroxylation sites is 1. The summed E-state index contributed by atoms with van der Waals surface area (Å²) in [5, 5.41) is 3.73. The maximum atomic E-state index is 12.3. The summed E-state index contributed by atoms with van der Waals surface area (Å²) in [7, 11) is 0. The van der Waals surface area contributed by atoms with Gasteiger partial charge in [0, 0.05) is 22.0 Å². The molecule has 1 aromatic heterocycles. The lowest BCUT2D eigenvalue weighted by Gasteiger charge is -2.09. The Bertz CT molecular complexity index is 1060. The van der Waals surface area contributed by atoms with Crippen molar-refractivity contribution in [3.8, 4) is 0 Å². The topological polar surface area (TPSA) is 88.3 Å². The Morgan fingerprint density at radius 1 is 1.08 bits per heavy atom. The highest BCUT2D eigenvalue weighted by molar-refractivity contribution is 6.35. The first-order valence-electron chi connectivity index (χ1n) is 7.48. The second kappa shape index (κ2) is 7.59. The average molecular weight is 391 g/mol. The minimum Gasteiger partial charge on any atom is -0.452 e. The van der Waals surface area contributed by atoms with E-state index in [1.807, 2.05) is 0 Å². The predicted molar refractivity (Wildman–Crippen MR) is 99.9 cm³/mol. The lowest BCUT2D eigenvalue weighted by Crippen LogP contribution is -2.22. The fourth-order valence-corrected chi connectivity index (χ4v) is 2.70. The number of amides is 1. The molecule has 0 saturated carbocycles. The van der Waals surface area contributed by atoms with Gasteiger partial charge in [0.1, 0.15) is 0 Å². The molecule has 26 heavy (non-hydrogen) atoms. The van der Waals surface area contributed by atoms with Crippen molar-refractivity contribution >= 4 is 51.7 Å². The first kappa shape index (κ1) is 18.0. The van der Waals surface area contributed by atoms with Crippen LogP contribution in [0.15, 0.2) is 53.3 Å². The Labute approximate surface area is 157 Å². The molecule has 0 saturated heterocycles. The van der Waals surface area contributed by atoms with Crippen LogP contribution in [0, 0.1) is 0 Å². The minimum atomic E-state index is -0.778. The van der Waals surface area contributed by atoms with E-state index >= 15 is 0 Å². The Morgan fingerprint density at radius 3 is 2.65 bits per heavy atom. The van der Waals surface area contributed by atoms with Crippen molar-refractivity contribution < 1.29 is 14.3 Å². The normalized spacial score (nSPS) is 10.5. The van der Waals surface area contributed by atoms with Crippen LogP contribution in [0.5, 0.6) is 0 Å². The second-order valence-corrected chi connectivity index (χ2v) is 6.18. The zero-order valence-electron chi connectivity index (χ0n) is 13.2. The van der Waals surface area contributed by atoms with Gasteiger partial charge in [0.05, 0.1) is 16.3 Å². The van der Waals surface area contributed by atoms with Crippen LogP contribution >= 0.6 is 23.2 Å². The number of hydrogen-bond acceptors (Lipinski definition) is 4. The molecule has 0 aliphatic rings. The van der Waals surface area contributed by atoms with Crippen LogP contribution in [-0.2, 0) is 9.53 Å². The summed E-state index contributed by atoms with van der Waals surface area (Å²) in [5.41, 5.74) is 0.452. The van der Waals surface area contributed by atoms with Crippen LogP contribution in [0.1, 0.15) is 10.4 Å². The van der Waals surface area contributed by atoms with Crippen molar-refractivity contribution in [3.63, 3.8) is 0 Å². The second-order valence-electron chi connectivity index (χ2n) is 5.34. The van der Waals surface area contributed by atoms with E-state index in [9.17, 15) is 14.4 Å². The minimum absolute atomic E-state index is 0.0814. The number of carbonyl (C=O) groups is 2. The highest BCUT2D eigenvalue weighted by Crippen LogP contribution is 2.25. The van der Waals surface area contributed by atoms with Crippen molar-refractivity contribution in [2.45, 2.75) is 0 Å². The number of anilines is 1. The van der Waals surface area contributed by atoms with Crippen LogP contribution in [0.25, 0.3) is 10.9 Å². The fourth-order valence-electron chi connectivity index (χ4n) is 2.36. The SMILES string of the molecule is O=C(COC(=O)c1cc(=O)[nH]c2ccccc12)Nc1cc(Cl)ccc1Cl. The molecule has 0 radical (unpaired) electrons. The number of pyridine rings is 1. The molecule has 1 amide bonds. The van der Waals surface area contributed by atoms with Crippen molar-refractivity contribution in [1.29, 1.82) is 0 Å². The molecule has 3 aromatic rings. The van der Waals surface area contributed by atoms with Gasteiger partial charge in [0.25, 0.3) is 5.91 Å². The third-order valence-electron chi connectivity index (χ3n) is 3.51. The van der Waals surface area contributed by atoms with Gasteiger partial charge in [0.2, 0.25) is 5.56 Å². The molecule has 8 heteroatoms. The molecule has 3 rings (SSSR count). The number of nitrogens with one attached hydrogen (secondary N) is 2. The molecular weight excluding hydrogens is 379 g/mol. The number of hydrogen-bond donors (Lipinski definition) is 2. The van der Waals surface area contributed by atoms with Gasteiger partial charge in [-0.05, 0) is 24.3 Å². The zero-order valence-corrected chi connectivity index (χ0v) is 14.7. The molecule has 0 atom stereocenters. The third kappa shape index (κ3) is 4.04. The number of rotatable bonds is 4. The maximum Gasteiger partial charge on any atom is 0.339 e. The van der Waals surface area contributed by atoms with Gasteiger partial charge in [-0.2, -0.15) is 0 Å². The third-order valence-corrected chi connectivity index (χ3v) is 4.07. The zero-order chi connectivity index (χ0) is 18.7. The number of esters is 1. The molecule has 2 N–H and O–H groups in total. The van der Waals surface area contributed by atoms with E-state index in [2.05, 4.69) is 10.3 Å². The van der Waals surface area contributed by atoms with Crippen molar-refractivity contribution in [2.75, 3.05) is 11.9 Å². The van der Waals surface area contributed by atoms with E-state index in [1.54, 1.807) is 30.3 Å².